The summed E-state index contributed by atoms with van der Waals surface area (Å²) < 4.78 is 6.09. The van der Waals surface area contributed by atoms with E-state index in [1.54, 1.807) is 4.90 Å². The molecule has 26 heavy (non-hydrogen) atoms. The molecule has 0 spiro atoms. The van der Waals surface area contributed by atoms with Crippen molar-refractivity contribution in [2.24, 2.45) is 0 Å². The van der Waals surface area contributed by atoms with Crippen LogP contribution in [0.2, 0.25) is 0 Å². The van der Waals surface area contributed by atoms with E-state index in [2.05, 4.69) is 21.4 Å². The maximum Gasteiger partial charge on any atom is 0.224 e. The minimum atomic E-state index is 0.225. The molecular weight excluding hydrogens is 328 g/mol. The zero-order chi connectivity index (χ0) is 17.9. The number of rotatable bonds is 4. The van der Waals surface area contributed by atoms with Crippen LogP contribution in [0.3, 0.4) is 0 Å². The molecule has 2 aliphatic heterocycles. The number of aromatic nitrogens is 2. The topological polar surface area (TPSA) is 77.3 Å². The van der Waals surface area contributed by atoms with Gasteiger partial charge in [-0.3, -0.25) is 0 Å². The van der Waals surface area contributed by atoms with Crippen molar-refractivity contribution in [2.45, 2.75) is 32.0 Å². The molecule has 2 aliphatic rings. The quantitative estimate of drug-likeness (QED) is 0.848. The number of nitrogens with one attached hydrogen (secondary N) is 1. The molecule has 1 saturated heterocycles. The summed E-state index contributed by atoms with van der Waals surface area (Å²) in [5, 5.41) is 12.3. The van der Waals surface area contributed by atoms with E-state index in [9.17, 15) is 5.26 Å². The van der Waals surface area contributed by atoms with Gasteiger partial charge in [0.15, 0.2) is 6.19 Å². The van der Waals surface area contributed by atoms with Gasteiger partial charge in [0.05, 0.1) is 18.8 Å². The third-order valence-corrected chi connectivity index (χ3v) is 4.91. The Balaban J connectivity index is 1.48. The minimum Gasteiger partial charge on any atom is -0.490 e. The Morgan fingerprint density at radius 2 is 1.92 bits per heavy atom. The molecule has 134 valence electrons. The molecule has 1 aromatic carbocycles. The third-order valence-electron chi connectivity index (χ3n) is 4.91. The fraction of sp³-hybridized carbons (Fsp3) is 0.421. The summed E-state index contributed by atoms with van der Waals surface area (Å²) in [7, 11) is 1.82. The molecule has 7 heteroatoms. The number of hydrogen-bond acceptors (Lipinski definition) is 7. The smallest absolute Gasteiger partial charge is 0.224 e. The van der Waals surface area contributed by atoms with Crippen LogP contribution in [0, 0.1) is 11.5 Å². The van der Waals surface area contributed by atoms with Gasteiger partial charge >= 0.3 is 0 Å². The predicted octanol–water partition coefficient (Wildman–Crippen LogP) is 2.36. The Hall–Kier alpha value is -3.01. The molecular formula is C19H22N6O. The summed E-state index contributed by atoms with van der Waals surface area (Å²) >= 11 is 0. The van der Waals surface area contributed by atoms with Crippen molar-refractivity contribution in [3.63, 3.8) is 0 Å². The molecule has 3 heterocycles. The van der Waals surface area contributed by atoms with Gasteiger partial charge in [0.1, 0.15) is 17.7 Å². The van der Waals surface area contributed by atoms with Gasteiger partial charge < -0.3 is 19.9 Å². The largest absolute Gasteiger partial charge is 0.490 e. The Morgan fingerprint density at radius 1 is 1.15 bits per heavy atom. The molecule has 2 aromatic rings. The second-order valence-electron chi connectivity index (χ2n) is 6.62. The Morgan fingerprint density at radius 3 is 2.62 bits per heavy atom. The Labute approximate surface area is 153 Å². The number of para-hydroxylation sites is 1. The number of hydrogen-bond donors (Lipinski definition) is 1. The van der Waals surface area contributed by atoms with Crippen molar-refractivity contribution in [1.82, 2.24) is 14.9 Å². The summed E-state index contributed by atoms with van der Waals surface area (Å²) in [4.78, 5) is 13.2. The average Bonchev–Trinajstić information content (AvgIpc) is 3.12. The molecule has 1 N–H and O–H groups in total. The van der Waals surface area contributed by atoms with Gasteiger partial charge in [0.2, 0.25) is 5.95 Å². The van der Waals surface area contributed by atoms with Gasteiger partial charge in [-0.15, -0.1) is 0 Å². The predicted molar refractivity (Wildman–Crippen MR) is 98.7 cm³/mol. The van der Waals surface area contributed by atoms with Crippen molar-refractivity contribution in [3.05, 3.63) is 41.6 Å². The zero-order valence-electron chi connectivity index (χ0n) is 14.9. The molecule has 4 rings (SSSR count). The number of benzene rings is 1. The van der Waals surface area contributed by atoms with E-state index in [1.165, 1.54) is 0 Å². The first-order valence-corrected chi connectivity index (χ1v) is 8.95. The summed E-state index contributed by atoms with van der Waals surface area (Å²) in [5.41, 5.74) is 2.02. The van der Waals surface area contributed by atoms with Crippen molar-refractivity contribution >= 4 is 11.8 Å². The number of nitriles is 1. The molecule has 1 fully saturated rings. The summed E-state index contributed by atoms with van der Waals surface area (Å²) in [6, 6.07) is 9.98. The van der Waals surface area contributed by atoms with E-state index in [-0.39, 0.29) is 6.10 Å². The highest BCUT2D eigenvalue weighted by Crippen LogP contribution is 2.32. The summed E-state index contributed by atoms with van der Waals surface area (Å²) in [6.07, 6.45) is 4.34. The van der Waals surface area contributed by atoms with Gasteiger partial charge in [-0.05, 0) is 12.1 Å². The minimum absolute atomic E-state index is 0.225. The lowest BCUT2D eigenvalue weighted by atomic mass is 10.1. The van der Waals surface area contributed by atoms with Crippen molar-refractivity contribution < 1.29 is 4.74 Å². The molecule has 0 amide bonds. The van der Waals surface area contributed by atoms with Crippen LogP contribution < -0.4 is 15.0 Å². The van der Waals surface area contributed by atoms with Crippen LogP contribution in [0.4, 0.5) is 11.8 Å². The van der Waals surface area contributed by atoms with E-state index in [0.717, 1.165) is 48.8 Å². The normalized spacial score (nSPS) is 16.9. The second-order valence-corrected chi connectivity index (χ2v) is 6.62. The molecule has 0 bridgehead atoms. The van der Waals surface area contributed by atoms with Gasteiger partial charge in [-0.1, -0.05) is 18.2 Å². The van der Waals surface area contributed by atoms with Crippen molar-refractivity contribution in [2.75, 3.05) is 30.4 Å². The number of ether oxygens (including phenoxy) is 1. The molecule has 0 atom stereocenters. The maximum absolute atomic E-state index is 9.22. The van der Waals surface area contributed by atoms with Crippen LogP contribution in [0.1, 0.15) is 24.1 Å². The highest BCUT2D eigenvalue weighted by Gasteiger charge is 2.29. The lowest BCUT2D eigenvalue weighted by Gasteiger charge is -2.34. The van der Waals surface area contributed by atoms with E-state index in [4.69, 9.17) is 9.72 Å². The fourth-order valence-electron chi connectivity index (χ4n) is 3.56. The van der Waals surface area contributed by atoms with Crippen LogP contribution in [-0.4, -0.2) is 41.1 Å². The molecule has 7 nitrogen and oxygen atoms in total. The van der Waals surface area contributed by atoms with E-state index in [1.807, 2.05) is 37.4 Å². The molecule has 0 aliphatic carbocycles. The Bertz CT molecular complexity index is 811. The summed E-state index contributed by atoms with van der Waals surface area (Å²) in [5.74, 6) is 2.49. The first kappa shape index (κ1) is 16.5. The number of piperidine rings is 1. The Kier molecular flexibility index (Phi) is 4.48. The van der Waals surface area contributed by atoms with Gasteiger partial charge in [0.25, 0.3) is 0 Å². The number of anilines is 2. The lowest BCUT2D eigenvalue weighted by molar-refractivity contribution is 0.170. The van der Waals surface area contributed by atoms with Crippen molar-refractivity contribution in [3.8, 4) is 11.9 Å². The van der Waals surface area contributed by atoms with Gasteiger partial charge in [-0.2, -0.15) is 10.2 Å². The van der Waals surface area contributed by atoms with Crippen LogP contribution in [0.5, 0.6) is 5.75 Å². The third kappa shape index (κ3) is 3.23. The van der Waals surface area contributed by atoms with E-state index in [0.29, 0.717) is 19.0 Å². The fourth-order valence-corrected chi connectivity index (χ4v) is 3.56. The summed E-state index contributed by atoms with van der Waals surface area (Å²) in [6.45, 7) is 2.92. The van der Waals surface area contributed by atoms with Crippen LogP contribution in [-0.2, 0) is 13.1 Å². The highest BCUT2D eigenvalue weighted by molar-refractivity contribution is 5.54. The molecule has 0 unspecified atom stereocenters. The SMILES string of the molecule is CNc1nc2c(c(N3CCC(Oc4ccccc4)CC3)n1)CN(C#N)C2. The van der Waals surface area contributed by atoms with E-state index >= 15 is 0 Å². The van der Waals surface area contributed by atoms with Gasteiger partial charge in [-0.25, -0.2) is 4.98 Å². The second kappa shape index (κ2) is 7.08. The number of fused-ring (bicyclic) bond motifs is 1. The first-order valence-electron chi connectivity index (χ1n) is 8.95. The molecule has 0 saturated carbocycles. The standard InChI is InChI=1S/C19H22N6O/c1-21-19-22-17-12-24(13-20)11-16(17)18(23-19)25-9-7-15(8-10-25)26-14-5-3-2-4-6-14/h2-6,15H,7-12H2,1H3,(H,21,22,23). The lowest BCUT2D eigenvalue weighted by Crippen LogP contribution is -2.39. The van der Waals surface area contributed by atoms with Crippen LogP contribution >= 0.6 is 0 Å². The monoisotopic (exact) mass is 350 g/mol. The van der Waals surface area contributed by atoms with Crippen LogP contribution in [0.15, 0.2) is 30.3 Å². The van der Waals surface area contributed by atoms with Crippen molar-refractivity contribution in [1.29, 1.82) is 5.26 Å². The number of nitrogens with zero attached hydrogens (tertiary/aromatic N) is 5. The van der Waals surface area contributed by atoms with Gasteiger partial charge in [0, 0.05) is 38.5 Å². The zero-order valence-corrected chi connectivity index (χ0v) is 14.9. The molecule has 0 radical (unpaired) electrons. The average molecular weight is 350 g/mol. The highest BCUT2D eigenvalue weighted by atomic mass is 16.5. The van der Waals surface area contributed by atoms with Crippen LogP contribution in [0.25, 0.3) is 0 Å². The maximum atomic E-state index is 9.22. The first-order chi connectivity index (χ1) is 12.8. The molecule has 1 aromatic heterocycles. The van der Waals surface area contributed by atoms with E-state index < -0.39 is 0 Å².